The molecule has 712 valence electrons. The highest BCUT2D eigenvalue weighted by atomic mass is 35.5. The molecule has 0 bridgehead atoms. The van der Waals surface area contributed by atoms with Crippen LogP contribution in [0.5, 0.6) is 0 Å². The molecule has 0 saturated heterocycles. The summed E-state index contributed by atoms with van der Waals surface area (Å²) in [6.07, 6.45) is 26.3. The number of hydrogen-bond donors (Lipinski definition) is 10. The second kappa shape index (κ2) is 69.2. The Balaban J connectivity index is 0. The summed E-state index contributed by atoms with van der Waals surface area (Å²) in [7, 11) is -2.12. The van der Waals surface area contributed by atoms with Gasteiger partial charge in [-0.25, -0.2) is 13.1 Å². The summed E-state index contributed by atoms with van der Waals surface area (Å²) in [4.78, 5) is 104. The van der Waals surface area contributed by atoms with Gasteiger partial charge in [-0.2, -0.15) is 0 Å². The Hall–Kier alpha value is -7.83. The minimum Gasteiger partial charge on any atom is -0.399 e. The van der Waals surface area contributed by atoms with Gasteiger partial charge in [-0.05, 0) is 247 Å². The molecule has 0 unspecified atom stereocenters. The summed E-state index contributed by atoms with van der Waals surface area (Å²) >= 11 is 12.0. The third-order valence-electron chi connectivity index (χ3n) is 22.5. The molecular formula is C99H171Cl2N13O10S. The number of nitrogen functional groups attached to an aromatic ring is 1. The van der Waals surface area contributed by atoms with E-state index in [1.165, 1.54) is 56.4 Å². The van der Waals surface area contributed by atoms with E-state index in [4.69, 9.17) is 28.9 Å². The minimum absolute atomic E-state index is 0.0380. The van der Waals surface area contributed by atoms with Crippen LogP contribution in [0.25, 0.3) is 21.8 Å². The largest absolute Gasteiger partial charge is 0.399 e. The second-order valence-electron chi connectivity index (χ2n) is 33.9. The van der Waals surface area contributed by atoms with Crippen molar-refractivity contribution in [2.75, 3.05) is 69.2 Å². The van der Waals surface area contributed by atoms with Crippen LogP contribution in [-0.4, -0.2) is 135 Å². The van der Waals surface area contributed by atoms with Crippen molar-refractivity contribution in [3.05, 3.63) is 95.2 Å². The SMILES string of the molecule is CCC(CC)C(=O)N(CCCNc1ccnc2cc(Cl)ccc12)C(C)C.CCC(CC)C(=O)NC.CCC(CC)C(=O)NC(C)C.CCC(CC)C(=O)NCC(C)(C)C.CCC(CC)C(=O)NCC1CCCCC1.CCC(CC)C(=O)NCCCNc1ccnc2cc(Cl)ccc12.CCC(CC)C(=O)NS(=O)(=O)c1ccc(N)cc1.CCNC(=O)C(CC)CC. The van der Waals surface area contributed by atoms with Gasteiger partial charge in [-0.1, -0.05) is 174 Å². The van der Waals surface area contributed by atoms with E-state index in [1.807, 2.05) is 130 Å². The number of nitrogens with two attached hydrogens (primary N) is 1. The number of sulfonamides is 1. The van der Waals surface area contributed by atoms with E-state index in [0.717, 1.165) is 181 Å². The molecule has 2 heterocycles. The number of carbonyl (C=O) groups excluding carboxylic acids is 8. The number of aromatic nitrogens is 2. The van der Waals surface area contributed by atoms with Crippen molar-refractivity contribution < 1.29 is 46.8 Å². The lowest BCUT2D eigenvalue weighted by Gasteiger charge is -2.30. The molecule has 1 aliphatic carbocycles. The molecule has 0 atom stereocenters. The summed E-state index contributed by atoms with van der Waals surface area (Å²) in [5.41, 5.74) is 9.99. The molecule has 0 radical (unpaired) electrons. The van der Waals surface area contributed by atoms with E-state index < -0.39 is 15.9 Å². The van der Waals surface area contributed by atoms with E-state index >= 15 is 0 Å². The van der Waals surface area contributed by atoms with Gasteiger partial charge in [0, 0.05) is 163 Å². The van der Waals surface area contributed by atoms with E-state index in [-0.39, 0.29) is 111 Å². The lowest BCUT2D eigenvalue weighted by atomic mass is 9.89. The first-order chi connectivity index (χ1) is 59.3. The molecule has 23 nitrogen and oxygen atoms in total. The fourth-order valence-corrected chi connectivity index (χ4v) is 15.3. The van der Waals surface area contributed by atoms with Crippen molar-refractivity contribution in [3.8, 4) is 0 Å². The van der Waals surface area contributed by atoms with Crippen molar-refractivity contribution >= 4 is 119 Å². The van der Waals surface area contributed by atoms with Crippen LogP contribution in [0.3, 0.4) is 0 Å². The maximum Gasteiger partial charge on any atom is 0.264 e. The zero-order valence-electron chi connectivity index (χ0n) is 81.8. The zero-order chi connectivity index (χ0) is 95.2. The predicted molar refractivity (Wildman–Crippen MR) is 526 cm³/mol. The molecule has 1 fully saturated rings. The van der Waals surface area contributed by atoms with E-state index in [1.54, 1.807) is 19.4 Å². The summed E-state index contributed by atoms with van der Waals surface area (Å²) in [5, 5.41) is 27.8. The lowest BCUT2D eigenvalue weighted by Crippen LogP contribution is -2.41. The topological polar surface area (TPSA) is 334 Å². The summed E-state index contributed by atoms with van der Waals surface area (Å²) in [6.45, 7) is 54.5. The Morgan fingerprint density at radius 2 is 0.832 bits per heavy atom. The number of benzene rings is 3. The molecule has 6 rings (SSSR count). The van der Waals surface area contributed by atoms with Crippen LogP contribution in [0.1, 0.15) is 314 Å². The van der Waals surface area contributed by atoms with Crippen molar-refractivity contribution in [3.63, 3.8) is 0 Å². The standard InChI is InChI=1S/C21H30ClN3O.C18H24ClN3O.C13H25NO.C12H18N2O3S.C11H23NO.C9H19NO.C8H17NO.C7H15NO/c1-5-16(6-2)21(26)25(15(3)4)13-7-11-23-19-10-12-24-20-14-17(22)8-9-18(19)20;1-3-13(4-2)18(23)22-10-5-9-20-16-8-11-21-17-12-14(19)6-7-15(16)17;1-3-12(4-2)13(15)14-10-11-8-6-5-7-9-11;1-3-9(4-2)12(15)14-18(16,17)11-7-5-10(13)6-8-11;1-6-9(7-2)10(13)12-8-11(3,4)5;1-5-8(6-2)9(11)10-7(3)4;1-4-7(5-2)8(10)9-6-3;1-4-6(5-2)7(9)8-3/h8-10,12,14-16H,5-7,11,13H2,1-4H3,(H,23,24);6-8,11-13H,3-5,9-10H2,1-2H3,(H,20,21)(H,22,23);11-12H,3-10H2,1-2H3,(H,14,15);5-9H,3-4,13H2,1-2H3,(H,14,15);9H,6-8H2,1-5H3,(H,12,13);7-8H,5-6H2,1-4H3,(H,10,11);7H,4-6H2,1-3H3,(H,9,10);6H,4-5H2,1-3H3,(H,8,9). The highest BCUT2D eigenvalue weighted by Gasteiger charge is 2.26. The Bertz CT molecular complexity index is 3880. The second-order valence-corrected chi connectivity index (χ2v) is 36.4. The van der Waals surface area contributed by atoms with Crippen LogP contribution >= 0.6 is 23.2 Å². The molecule has 5 aromatic rings. The number of halogens is 2. The van der Waals surface area contributed by atoms with Gasteiger partial charge < -0.3 is 53.2 Å². The van der Waals surface area contributed by atoms with Crippen LogP contribution in [0.4, 0.5) is 17.1 Å². The van der Waals surface area contributed by atoms with Crippen LogP contribution in [0, 0.1) is 58.7 Å². The van der Waals surface area contributed by atoms with Crippen molar-refractivity contribution in [2.24, 2.45) is 58.7 Å². The fraction of sp³-hybridized carbons (Fsp3) is 0.677. The average molecular weight is 1810 g/mol. The van der Waals surface area contributed by atoms with Gasteiger partial charge in [-0.15, -0.1) is 0 Å². The van der Waals surface area contributed by atoms with Crippen LogP contribution < -0.4 is 53.0 Å². The Morgan fingerprint density at radius 3 is 1.21 bits per heavy atom. The average Bonchev–Trinajstić information content (AvgIpc) is 0.824. The molecular weight excluding hydrogens is 1630 g/mol. The van der Waals surface area contributed by atoms with E-state index in [2.05, 4.69) is 147 Å². The molecule has 0 aliphatic heterocycles. The minimum atomic E-state index is -3.80. The van der Waals surface area contributed by atoms with E-state index in [0.29, 0.717) is 35.1 Å². The quantitative estimate of drug-likeness (QED) is 0.0128. The number of pyridine rings is 2. The molecule has 11 N–H and O–H groups in total. The van der Waals surface area contributed by atoms with Gasteiger partial charge in [0.05, 0.1) is 15.9 Å². The molecule has 1 aliphatic rings. The van der Waals surface area contributed by atoms with Gasteiger partial charge >= 0.3 is 0 Å². The van der Waals surface area contributed by atoms with Crippen LogP contribution in [0.15, 0.2) is 90.1 Å². The number of fused-ring (bicyclic) bond motifs is 2. The van der Waals surface area contributed by atoms with E-state index in [9.17, 15) is 46.8 Å². The maximum absolute atomic E-state index is 12.7. The molecule has 1 saturated carbocycles. The van der Waals surface area contributed by atoms with Gasteiger partial charge in [0.25, 0.3) is 10.0 Å². The molecule has 0 spiro atoms. The molecule has 3 aromatic carbocycles. The van der Waals surface area contributed by atoms with Gasteiger partial charge in [0.2, 0.25) is 47.3 Å². The first-order valence-electron chi connectivity index (χ1n) is 47.3. The third-order valence-corrected chi connectivity index (χ3v) is 24.4. The summed E-state index contributed by atoms with van der Waals surface area (Å²) in [5.74, 6) is 2.85. The molecule has 2 aromatic heterocycles. The number of nitrogens with zero attached hydrogens (tertiary/aromatic N) is 3. The highest BCUT2D eigenvalue weighted by molar-refractivity contribution is 7.90. The monoisotopic (exact) mass is 1800 g/mol. The molecule has 26 heteroatoms. The lowest BCUT2D eigenvalue weighted by molar-refractivity contribution is -0.137. The Kier molecular flexibility index (Phi) is 66.0. The number of amides is 8. The van der Waals surface area contributed by atoms with Crippen LogP contribution in [-0.2, 0) is 48.4 Å². The number of hydrogen-bond acceptors (Lipinski definition) is 15. The zero-order valence-corrected chi connectivity index (χ0v) is 84.1. The van der Waals surface area contributed by atoms with Crippen molar-refractivity contribution in [1.29, 1.82) is 0 Å². The van der Waals surface area contributed by atoms with Gasteiger partial charge in [0.1, 0.15) is 0 Å². The smallest absolute Gasteiger partial charge is 0.264 e. The maximum atomic E-state index is 12.7. The Morgan fingerprint density at radius 1 is 0.456 bits per heavy atom. The first-order valence-corrected chi connectivity index (χ1v) is 49.5. The number of nitrogens with one attached hydrogen (secondary N) is 9. The molecule has 125 heavy (non-hydrogen) atoms. The predicted octanol–water partition coefficient (Wildman–Crippen LogP) is 21.5. The number of anilines is 3. The number of carbonyl (C=O) groups is 8. The fourth-order valence-electron chi connectivity index (χ4n) is 13.9. The van der Waals surface area contributed by atoms with Crippen molar-refractivity contribution in [1.82, 2.24) is 51.5 Å². The van der Waals surface area contributed by atoms with Gasteiger partial charge in [-0.3, -0.25) is 48.3 Å². The normalized spacial score (nSPS) is 11.9. The summed E-state index contributed by atoms with van der Waals surface area (Å²) in [6, 6.07) is 21.6. The third kappa shape index (κ3) is 49.9. The van der Waals surface area contributed by atoms with Crippen molar-refractivity contribution in [2.45, 2.75) is 331 Å². The number of rotatable bonds is 42. The summed E-state index contributed by atoms with van der Waals surface area (Å²) < 4.78 is 25.9. The highest BCUT2D eigenvalue weighted by Crippen LogP contribution is 2.28. The first kappa shape index (κ1) is 119. The Labute approximate surface area is 766 Å². The van der Waals surface area contributed by atoms with Gasteiger partial charge in [0.15, 0.2) is 0 Å². The molecule has 8 amide bonds. The van der Waals surface area contributed by atoms with Crippen LogP contribution in [0.2, 0.25) is 10.0 Å².